The average molecular weight is 352 g/mol. The highest BCUT2D eigenvalue weighted by Crippen LogP contribution is 2.19. The molecular formula is C17H29BN2O5. The second-order valence-electron chi connectivity index (χ2n) is 6.20. The van der Waals surface area contributed by atoms with Gasteiger partial charge in [-0.1, -0.05) is 43.2 Å². The third-order valence-corrected chi connectivity index (χ3v) is 4.08. The van der Waals surface area contributed by atoms with Gasteiger partial charge in [-0.25, -0.2) is 0 Å². The van der Waals surface area contributed by atoms with Gasteiger partial charge in [0.15, 0.2) is 0 Å². The van der Waals surface area contributed by atoms with E-state index in [0.29, 0.717) is 32.5 Å². The Hall–Kier alpha value is -1.45. The maximum absolute atomic E-state index is 11.6. The van der Waals surface area contributed by atoms with E-state index in [4.69, 9.17) is 20.6 Å². The minimum atomic E-state index is -1.36. The summed E-state index contributed by atoms with van der Waals surface area (Å²) in [4.78, 5) is 17.2. The van der Waals surface area contributed by atoms with Gasteiger partial charge in [-0.15, -0.1) is 0 Å². The van der Waals surface area contributed by atoms with E-state index >= 15 is 0 Å². The molecule has 0 bridgehead atoms. The topological polar surface area (TPSA) is 116 Å². The van der Waals surface area contributed by atoms with Crippen LogP contribution < -0.4 is 5.73 Å². The van der Waals surface area contributed by atoms with Gasteiger partial charge in [0.2, 0.25) is 0 Å². The van der Waals surface area contributed by atoms with Crippen molar-refractivity contribution in [2.24, 2.45) is 5.73 Å². The first kappa shape index (κ1) is 21.6. The summed E-state index contributed by atoms with van der Waals surface area (Å²) in [6, 6.07) is 9.80. The SMILES string of the molecule is CCON(CCC(N)(CCCCB(O)O)C(=O)O)Cc1ccccc1. The third-order valence-electron chi connectivity index (χ3n) is 4.08. The van der Waals surface area contributed by atoms with E-state index < -0.39 is 18.6 Å². The molecule has 140 valence electrons. The number of unbranched alkanes of at least 4 members (excludes halogenated alkanes) is 1. The van der Waals surface area contributed by atoms with E-state index in [0.717, 1.165) is 5.56 Å². The van der Waals surface area contributed by atoms with Crippen LogP contribution in [0.1, 0.15) is 38.2 Å². The first-order valence-electron chi connectivity index (χ1n) is 8.67. The Balaban J connectivity index is 2.57. The van der Waals surface area contributed by atoms with E-state index in [9.17, 15) is 9.90 Å². The molecule has 0 spiro atoms. The Morgan fingerprint density at radius 2 is 1.92 bits per heavy atom. The predicted molar refractivity (Wildman–Crippen MR) is 96.5 cm³/mol. The Morgan fingerprint density at radius 3 is 2.48 bits per heavy atom. The number of nitrogens with zero attached hydrogens (tertiary/aromatic N) is 1. The molecule has 0 aliphatic rings. The average Bonchev–Trinajstić information content (AvgIpc) is 2.57. The summed E-state index contributed by atoms with van der Waals surface area (Å²) in [5.74, 6) is -1.05. The summed E-state index contributed by atoms with van der Waals surface area (Å²) in [6.45, 7) is 3.33. The van der Waals surface area contributed by atoms with Crippen molar-refractivity contribution in [2.75, 3.05) is 13.2 Å². The molecule has 0 saturated carbocycles. The highest BCUT2D eigenvalue weighted by molar-refractivity contribution is 6.40. The van der Waals surface area contributed by atoms with Crippen LogP contribution in [0, 0.1) is 0 Å². The number of hydroxylamine groups is 2. The van der Waals surface area contributed by atoms with Gasteiger partial charge < -0.3 is 20.9 Å². The van der Waals surface area contributed by atoms with Gasteiger partial charge in [0.05, 0.1) is 6.61 Å². The molecule has 0 aromatic heterocycles. The van der Waals surface area contributed by atoms with Gasteiger partial charge in [-0.2, -0.15) is 5.06 Å². The van der Waals surface area contributed by atoms with Gasteiger partial charge in [0, 0.05) is 13.1 Å². The monoisotopic (exact) mass is 352 g/mol. The van der Waals surface area contributed by atoms with Crippen molar-refractivity contribution < 1.29 is 24.8 Å². The standard InChI is InChI=1S/C17H29BN2O5/c1-2-25-20(14-15-8-4-3-5-9-15)13-11-17(19,16(21)22)10-6-7-12-18(23)24/h3-5,8-9,23-24H,2,6-7,10-14,19H2,1H3,(H,21,22). The number of carboxylic acid groups (broad SMARTS) is 1. The fraction of sp³-hybridized carbons (Fsp3) is 0.588. The van der Waals surface area contributed by atoms with E-state index in [1.165, 1.54) is 0 Å². The number of carbonyl (C=O) groups is 1. The van der Waals surface area contributed by atoms with Crippen LogP contribution in [0.4, 0.5) is 0 Å². The lowest BCUT2D eigenvalue weighted by atomic mass is 9.81. The number of hydrogen-bond donors (Lipinski definition) is 4. The lowest BCUT2D eigenvalue weighted by molar-refractivity contribution is -0.167. The Kier molecular flexibility index (Phi) is 9.70. The number of aliphatic carboxylic acids is 1. The second kappa shape index (κ2) is 11.2. The van der Waals surface area contributed by atoms with E-state index in [1.54, 1.807) is 5.06 Å². The van der Waals surface area contributed by atoms with Gasteiger partial charge >= 0.3 is 13.1 Å². The normalized spacial score (nSPS) is 13.6. The Bertz CT molecular complexity index is 503. The lowest BCUT2D eigenvalue weighted by Gasteiger charge is -2.28. The molecule has 0 amide bonds. The van der Waals surface area contributed by atoms with Crippen LogP contribution >= 0.6 is 0 Å². The van der Waals surface area contributed by atoms with Crippen LogP contribution in [-0.4, -0.2) is 52.0 Å². The van der Waals surface area contributed by atoms with E-state index in [2.05, 4.69) is 0 Å². The number of rotatable bonds is 13. The highest BCUT2D eigenvalue weighted by Gasteiger charge is 2.33. The van der Waals surface area contributed by atoms with Crippen molar-refractivity contribution in [1.82, 2.24) is 5.06 Å². The van der Waals surface area contributed by atoms with Crippen LogP contribution in [0.25, 0.3) is 0 Å². The molecule has 1 rings (SSSR count). The smallest absolute Gasteiger partial charge is 0.451 e. The Labute approximate surface area is 149 Å². The molecule has 5 N–H and O–H groups in total. The molecule has 1 atom stereocenters. The molecule has 25 heavy (non-hydrogen) atoms. The minimum absolute atomic E-state index is 0.217. The zero-order valence-electron chi connectivity index (χ0n) is 14.8. The van der Waals surface area contributed by atoms with Crippen molar-refractivity contribution in [3.8, 4) is 0 Å². The number of benzene rings is 1. The molecule has 0 heterocycles. The second-order valence-corrected chi connectivity index (χ2v) is 6.20. The summed E-state index contributed by atoms with van der Waals surface area (Å²) < 4.78 is 0. The van der Waals surface area contributed by atoms with Crippen LogP contribution in [-0.2, 0) is 16.2 Å². The molecule has 1 aromatic rings. The largest absolute Gasteiger partial charge is 0.480 e. The number of hydrogen-bond acceptors (Lipinski definition) is 6. The molecule has 8 heteroatoms. The first-order chi connectivity index (χ1) is 11.9. The first-order valence-corrected chi connectivity index (χ1v) is 8.67. The number of nitrogens with two attached hydrogens (primary N) is 1. The van der Waals surface area contributed by atoms with Crippen LogP contribution in [0.3, 0.4) is 0 Å². The van der Waals surface area contributed by atoms with Gasteiger partial charge in [-0.3, -0.25) is 9.63 Å². The van der Waals surface area contributed by atoms with E-state index in [1.807, 2.05) is 37.3 Å². The molecule has 0 radical (unpaired) electrons. The van der Waals surface area contributed by atoms with Crippen molar-refractivity contribution in [3.63, 3.8) is 0 Å². The molecule has 0 aliphatic carbocycles. The van der Waals surface area contributed by atoms with Crippen molar-refractivity contribution >= 4 is 13.1 Å². The summed E-state index contributed by atoms with van der Waals surface area (Å²) in [5, 5.41) is 28.9. The molecule has 0 saturated heterocycles. The minimum Gasteiger partial charge on any atom is -0.480 e. The van der Waals surface area contributed by atoms with Gasteiger partial charge in [0.25, 0.3) is 0 Å². The van der Waals surface area contributed by atoms with Crippen LogP contribution in [0.15, 0.2) is 30.3 Å². The zero-order valence-corrected chi connectivity index (χ0v) is 14.8. The van der Waals surface area contributed by atoms with E-state index in [-0.39, 0.29) is 19.2 Å². The highest BCUT2D eigenvalue weighted by atomic mass is 16.7. The fourth-order valence-corrected chi connectivity index (χ4v) is 2.59. The van der Waals surface area contributed by atoms with Crippen LogP contribution in [0.2, 0.25) is 6.32 Å². The molecule has 0 aliphatic heterocycles. The summed E-state index contributed by atoms with van der Waals surface area (Å²) in [6.07, 6.45) is 1.78. The fourth-order valence-electron chi connectivity index (χ4n) is 2.59. The molecule has 0 fully saturated rings. The van der Waals surface area contributed by atoms with Crippen molar-refractivity contribution in [2.45, 2.75) is 51.0 Å². The van der Waals surface area contributed by atoms with Gasteiger partial charge in [0.1, 0.15) is 5.54 Å². The summed E-state index contributed by atoms with van der Waals surface area (Å²) >= 11 is 0. The maximum atomic E-state index is 11.6. The number of carboxylic acids is 1. The molecule has 1 aromatic carbocycles. The molecular weight excluding hydrogens is 323 g/mol. The Morgan fingerprint density at radius 1 is 1.24 bits per heavy atom. The molecule has 7 nitrogen and oxygen atoms in total. The molecule has 1 unspecified atom stereocenters. The van der Waals surface area contributed by atoms with Gasteiger partial charge in [-0.05, 0) is 31.6 Å². The third kappa shape index (κ3) is 8.46. The van der Waals surface area contributed by atoms with Crippen molar-refractivity contribution in [3.05, 3.63) is 35.9 Å². The summed E-state index contributed by atoms with van der Waals surface area (Å²) in [5.41, 5.74) is 5.81. The van der Waals surface area contributed by atoms with Crippen LogP contribution in [0.5, 0.6) is 0 Å². The zero-order chi connectivity index (χ0) is 18.7. The predicted octanol–water partition coefficient (Wildman–Crippen LogP) is 1.26. The summed E-state index contributed by atoms with van der Waals surface area (Å²) in [7, 11) is -1.36. The quantitative estimate of drug-likeness (QED) is 0.240. The lowest BCUT2D eigenvalue weighted by Crippen LogP contribution is -2.50. The van der Waals surface area contributed by atoms with Crippen molar-refractivity contribution in [1.29, 1.82) is 0 Å². The maximum Gasteiger partial charge on any atom is 0.451 e.